The van der Waals surface area contributed by atoms with Crippen molar-refractivity contribution in [2.24, 2.45) is 5.92 Å². The number of ether oxygens (including phenoxy) is 1. The van der Waals surface area contributed by atoms with Crippen LogP contribution in [0, 0.1) is 19.8 Å². The summed E-state index contributed by atoms with van der Waals surface area (Å²) >= 11 is 0. The highest BCUT2D eigenvalue weighted by Crippen LogP contribution is 2.34. The van der Waals surface area contributed by atoms with E-state index in [1.165, 1.54) is 7.11 Å². The molecule has 0 aliphatic rings. The smallest absolute Gasteiger partial charge is 0.258 e. The molecule has 1 N–H and O–H groups in total. The van der Waals surface area contributed by atoms with E-state index < -0.39 is 0 Å². The van der Waals surface area contributed by atoms with Crippen LogP contribution in [0.15, 0.2) is 78.9 Å². The van der Waals surface area contributed by atoms with Gasteiger partial charge >= 0.3 is 0 Å². The van der Waals surface area contributed by atoms with Gasteiger partial charge in [0.15, 0.2) is 0 Å². The van der Waals surface area contributed by atoms with Crippen LogP contribution in [0.2, 0.25) is 0 Å². The fourth-order valence-corrected chi connectivity index (χ4v) is 4.57. The summed E-state index contributed by atoms with van der Waals surface area (Å²) in [6.07, 6.45) is 0. The minimum absolute atomic E-state index is 0.110. The summed E-state index contributed by atoms with van der Waals surface area (Å²) in [5.41, 5.74) is 4.90. The lowest BCUT2D eigenvalue weighted by molar-refractivity contribution is -0.117. The first-order valence-electron chi connectivity index (χ1n) is 12.7. The molecule has 0 unspecified atom stereocenters. The Morgan fingerprint density at radius 3 is 2.29 bits per heavy atom. The van der Waals surface area contributed by atoms with Gasteiger partial charge in [-0.05, 0) is 49.1 Å². The predicted octanol–water partition coefficient (Wildman–Crippen LogP) is 5.90. The summed E-state index contributed by atoms with van der Waals surface area (Å²) in [5, 5.41) is 7.91. The molecule has 196 valence electrons. The number of carbonyl (C=O) groups excluding carboxylic acids is 2. The zero-order chi connectivity index (χ0) is 27.2. The Morgan fingerprint density at radius 1 is 0.947 bits per heavy atom. The van der Waals surface area contributed by atoms with Crippen LogP contribution in [0.1, 0.15) is 35.5 Å². The Balaban J connectivity index is 1.71. The standard InChI is InChI=1S/C31H34N4O3/c1-21(2)19-34(31(37)25-16-10-12-18-27(25)38-5)20-28(36)32-30-29(24-14-7-6-8-15-24)23(4)33-35(30)26-17-11-9-13-22(26)3/h6-18,21H,19-20H2,1-5H3,(H,32,36). The Kier molecular flexibility index (Phi) is 8.26. The number of aromatic nitrogens is 2. The lowest BCUT2D eigenvalue weighted by atomic mass is 10.1. The van der Waals surface area contributed by atoms with Crippen LogP contribution >= 0.6 is 0 Å². The molecule has 0 spiro atoms. The molecule has 0 fully saturated rings. The highest BCUT2D eigenvalue weighted by molar-refractivity contribution is 6.02. The topological polar surface area (TPSA) is 76.5 Å². The second kappa shape index (κ2) is 11.8. The van der Waals surface area contributed by atoms with Crippen LogP contribution in [0.3, 0.4) is 0 Å². The van der Waals surface area contributed by atoms with Crippen molar-refractivity contribution >= 4 is 17.6 Å². The Labute approximate surface area is 224 Å². The van der Waals surface area contributed by atoms with Gasteiger partial charge < -0.3 is 15.0 Å². The number of anilines is 1. The number of nitrogens with zero attached hydrogens (tertiary/aromatic N) is 3. The zero-order valence-corrected chi connectivity index (χ0v) is 22.6. The van der Waals surface area contributed by atoms with Crippen LogP contribution in [-0.2, 0) is 4.79 Å². The molecule has 3 aromatic carbocycles. The van der Waals surface area contributed by atoms with E-state index >= 15 is 0 Å². The average Bonchev–Trinajstić information content (AvgIpc) is 3.23. The monoisotopic (exact) mass is 510 g/mol. The van der Waals surface area contributed by atoms with Gasteiger partial charge in [0.2, 0.25) is 5.91 Å². The van der Waals surface area contributed by atoms with E-state index in [0.29, 0.717) is 23.7 Å². The van der Waals surface area contributed by atoms with E-state index in [1.807, 2.05) is 88.4 Å². The van der Waals surface area contributed by atoms with Crippen LogP contribution < -0.4 is 10.1 Å². The van der Waals surface area contributed by atoms with Crippen molar-refractivity contribution in [3.05, 3.63) is 95.7 Å². The van der Waals surface area contributed by atoms with Gasteiger partial charge in [-0.3, -0.25) is 9.59 Å². The maximum absolute atomic E-state index is 13.6. The van der Waals surface area contributed by atoms with Gasteiger partial charge in [-0.2, -0.15) is 5.10 Å². The second-order valence-electron chi connectivity index (χ2n) is 9.70. The molecule has 7 nitrogen and oxygen atoms in total. The highest BCUT2D eigenvalue weighted by atomic mass is 16.5. The Bertz CT molecular complexity index is 1430. The first kappa shape index (κ1) is 26.7. The zero-order valence-electron chi connectivity index (χ0n) is 22.6. The van der Waals surface area contributed by atoms with Crippen LogP contribution in [0.5, 0.6) is 5.75 Å². The van der Waals surface area contributed by atoms with Crippen molar-refractivity contribution in [3.8, 4) is 22.6 Å². The number of methoxy groups -OCH3 is 1. The molecule has 7 heteroatoms. The fraction of sp³-hybridized carbons (Fsp3) is 0.258. The van der Waals surface area contributed by atoms with Crippen molar-refractivity contribution < 1.29 is 14.3 Å². The van der Waals surface area contributed by atoms with Gasteiger partial charge in [0.25, 0.3) is 5.91 Å². The van der Waals surface area contributed by atoms with Gasteiger partial charge in [-0.1, -0.05) is 74.5 Å². The Hall–Kier alpha value is -4.39. The molecular weight excluding hydrogens is 476 g/mol. The number of aryl methyl sites for hydroxylation is 2. The summed E-state index contributed by atoms with van der Waals surface area (Å²) in [5.74, 6) is 0.661. The molecule has 4 aromatic rings. The number of hydrogen-bond acceptors (Lipinski definition) is 4. The molecule has 0 saturated carbocycles. The number of para-hydroxylation sites is 2. The van der Waals surface area contributed by atoms with Crippen molar-refractivity contribution in [2.75, 3.05) is 25.5 Å². The minimum Gasteiger partial charge on any atom is -0.496 e. The number of carbonyl (C=O) groups is 2. The molecule has 0 saturated heterocycles. The van der Waals surface area contributed by atoms with Gasteiger partial charge in [0, 0.05) is 12.1 Å². The van der Waals surface area contributed by atoms with Crippen LogP contribution in [0.25, 0.3) is 16.8 Å². The van der Waals surface area contributed by atoms with Gasteiger partial charge in [-0.25, -0.2) is 4.68 Å². The summed E-state index contributed by atoms with van der Waals surface area (Å²) < 4.78 is 7.18. The van der Waals surface area contributed by atoms with Crippen LogP contribution in [0.4, 0.5) is 5.82 Å². The average molecular weight is 511 g/mol. The fourth-order valence-electron chi connectivity index (χ4n) is 4.57. The summed E-state index contributed by atoms with van der Waals surface area (Å²) in [4.78, 5) is 28.7. The van der Waals surface area contributed by atoms with E-state index in [1.54, 1.807) is 27.8 Å². The maximum atomic E-state index is 13.6. The molecule has 0 radical (unpaired) electrons. The quantitative estimate of drug-likeness (QED) is 0.304. The van der Waals surface area contributed by atoms with E-state index in [9.17, 15) is 9.59 Å². The molecule has 1 aromatic heterocycles. The number of hydrogen-bond donors (Lipinski definition) is 1. The van der Waals surface area contributed by atoms with Crippen LogP contribution in [-0.4, -0.2) is 46.7 Å². The summed E-state index contributed by atoms with van der Waals surface area (Å²) in [6.45, 7) is 8.29. The molecule has 38 heavy (non-hydrogen) atoms. The third-order valence-corrected chi connectivity index (χ3v) is 6.27. The van der Waals surface area contributed by atoms with E-state index in [0.717, 1.165) is 28.1 Å². The Morgan fingerprint density at radius 2 is 1.61 bits per heavy atom. The first-order valence-corrected chi connectivity index (χ1v) is 12.7. The van der Waals surface area contributed by atoms with Gasteiger partial charge in [0.1, 0.15) is 18.1 Å². The number of amides is 2. The summed E-state index contributed by atoms with van der Waals surface area (Å²) in [7, 11) is 1.53. The number of nitrogens with one attached hydrogen (secondary N) is 1. The van der Waals surface area contributed by atoms with E-state index in [-0.39, 0.29) is 24.3 Å². The molecule has 4 rings (SSSR count). The molecule has 0 bridgehead atoms. The molecule has 1 heterocycles. The normalized spacial score (nSPS) is 10.9. The summed E-state index contributed by atoms with van der Waals surface area (Å²) in [6, 6.07) is 24.8. The van der Waals surface area contributed by atoms with Crippen molar-refractivity contribution in [3.63, 3.8) is 0 Å². The third kappa shape index (κ3) is 5.78. The lowest BCUT2D eigenvalue weighted by Gasteiger charge is -2.25. The number of benzene rings is 3. The molecular formula is C31H34N4O3. The van der Waals surface area contributed by atoms with E-state index in [4.69, 9.17) is 9.84 Å². The van der Waals surface area contributed by atoms with Crippen molar-refractivity contribution in [2.45, 2.75) is 27.7 Å². The highest BCUT2D eigenvalue weighted by Gasteiger charge is 2.25. The van der Waals surface area contributed by atoms with Crippen molar-refractivity contribution in [1.29, 1.82) is 0 Å². The third-order valence-electron chi connectivity index (χ3n) is 6.27. The van der Waals surface area contributed by atoms with E-state index in [2.05, 4.69) is 5.32 Å². The lowest BCUT2D eigenvalue weighted by Crippen LogP contribution is -2.40. The second-order valence-corrected chi connectivity index (χ2v) is 9.70. The molecule has 0 aliphatic carbocycles. The van der Waals surface area contributed by atoms with Gasteiger partial charge in [-0.15, -0.1) is 0 Å². The number of rotatable bonds is 9. The molecule has 2 amide bonds. The largest absolute Gasteiger partial charge is 0.496 e. The first-order chi connectivity index (χ1) is 18.3. The predicted molar refractivity (Wildman–Crippen MR) is 151 cm³/mol. The van der Waals surface area contributed by atoms with Gasteiger partial charge in [0.05, 0.1) is 24.1 Å². The van der Waals surface area contributed by atoms with Crippen molar-refractivity contribution in [1.82, 2.24) is 14.7 Å². The molecule has 0 atom stereocenters. The molecule has 0 aliphatic heterocycles. The maximum Gasteiger partial charge on any atom is 0.258 e. The SMILES string of the molecule is COc1ccccc1C(=O)N(CC(=O)Nc1c(-c2ccccc2)c(C)nn1-c1ccccc1C)CC(C)C. The minimum atomic E-state index is -0.305.